The minimum atomic E-state index is -1.82. The number of carbonyl (C=O) groups is 2. The van der Waals surface area contributed by atoms with E-state index < -0.39 is 11.9 Å². The summed E-state index contributed by atoms with van der Waals surface area (Å²) in [5, 5.41) is 14.8. The largest absolute Gasteiger partial charge is 1.00 e. The predicted molar refractivity (Wildman–Crippen MR) is 30.0 cm³/mol. The molecule has 0 bridgehead atoms. The molecular weight excluding hydrogens is 145 g/mol. The number of carboxylic acid groups (broad SMARTS) is 2. The van der Waals surface area contributed by atoms with Crippen molar-refractivity contribution in [2.45, 2.75) is 0 Å². The van der Waals surface area contributed by atoms with Gasteiger partial charge in [-0.2, -0.15) is 9.90 Å². The van der Waals surface area contributed by atoms with E-state index >= 15 is 0 Å². The summed E-state index contributed by atoms with van der Waals surface area (Å²) < 4.78 is 0. The summed E-state index contributed by atoms with van der Waals surface area (Å²) in [6.45, 7) is 0. The predicted octanol–water partition coefficient (Wildman–Crippen LogP) is -3.52. The van der Waals surface area contributed by atoms with Gasteiger partial charge in [-0.15, -0.1) is 0 Å². The fourth-order valence-electron chi connectivity index (χ4n) is 0. The Hall–Kier alpha value is -0.103. The van der Waals surface area contributed by atoms with Crippen LogP contribution in [0, 0.1) is 0 Å². The van der Waals surface area contributed by atoms with Crippen LogP contribution in [0.1, 0.15) is 1.43 Å². The molecule has 0 heterocycles. The zero-order chi connectivity index (χ0) is 5.15. The second-order valence-corrected chi connectivity index (χ2v) is 0.610. The van der Waals surface area contributed by atoms with E-state index in [1.807, 2.05) is 0 Å². The van der Waals surface area contributed by atoms with E-state index in [-0.39, 0.29) is 34.9 Å². The molecule has 0 aliphatic carbocycles. The Kier molecular flexibility index (Phi) is 27.8. The first kappa shape index (κ1) is 23.1. The summed E-state index contributed by atoms with van der Waals surface area (Å²) in [7, 11) is 0. The van der Waals surface area contributed by atoms with Gasteiger partial charge in [-0.1, -0.05) is 0 Å². The number of halogens is 1. The maximum atomic E-state index is 9.10. The van der Waals surface area contributed by atoms with Gasteiger partial charge in [0.1, 0.15) is 0 Å². The zero-order valence-corrected chi connectivity index (χ0v) is 6.24. The maximum absolute atomic E-state index is 9.10. The van der Waals surface area contributed by atoms with E-state index in [2.05, 4.69) is 0 Å². The molecule has 0 aliphatic rings. The van der Waals surface area contributed by atoms with Crippen molar-refractivity contribution in [2.24, 2.45) is 0 Å². The Labute approximate surface area is 67.3 Å². The molecular formula is C2H7FLiO4P. The number of hydrogen-bond acceptors (Lipinski definition) is 2. The molecule has 0 aromatic carbocycles. The molecule has 4 nitrogen and oxygen atoms in total. The van der Waals surface area contributed by atoms with E-state index in [0.717, 1.165) is 0 Å². The van der Waals surface area contributed by atoms with Crippen LogP contribution in [0.25, 0.3) is 0 Å². The van der Waals surface area contributed by atoms with Crippen LogP contribution in [0.15, 0.2) is 0 Å². The quantitative estimate of drug-likeness (QED) is 0.214. The Morgan fingerprint density at radius 1 is 1.11 bits per heavy atom. The van der Waals surface area contributed by atoms with Gasteiger partial charge in [-0.3, -0.25) is 4.70 Å². The second-order valence-electron chi connectivity index (χ2n) is 0.610. The van der Waals surface area contributed by atoms with Crippen LogP contribution < -0.4 is 18.9 Å². The molecule has 0 amide bonds. The van der Waals surface area contributed by atoms with Gasteiger partial charge in [0.2, 0.25) is 0 Å². The summed E-state index contributed by atoms with van der Waals surface area (Å²) in [5.74, 6) is -3.65. The van der Waals surface area contributed by atoms with Gasteiger partial charge in [0, 0.05) is 0 Å². The van der Waals surface area contributed by atoms with Gasteiger partial charge in [0.15, 0.2) is 0 Å². The van der Waals surface area contributed by atoms with Crippen molar-refractivity contribution in [3.05, 3.63) is 0 Å². The van der Waals surface area contributed by atoms with E-state index in [4.69, 9.17) is 19.8 Å². The number of aliphatic carboxylic acids is 2. The first-order valence-corrected chi connectivity index (χ1v) is 1.11. The Morgan fingerprint density at radius 3 is 1.22 bits per heavy atom. The first-order valence-electron chi connectivity index (χ1n) is 1.11. The third kappa shape index (κ3) is 18.1. The third-order valence-electron chi connectivity index (χ3n) is 0.183. The van der Waals surface area contributed by atoms with Gasteiger partial charge in [0.25, 0.3) is 0 Å². The molecule has 7 heteroatoms. The van der Waals surface area contributed by atoms with Crippen molar-refractivity contribution in [3.8, 4) is 0 Å². The fourth-order valence-corrected chi connectivity index (χ4v) is 0. The summed E-state index contributed by atoms with van der Waals surface area (Å²) in [6.07, 6.45) is 0. The van der Waals surface area contributed by atoms with Gasteiger partial charge in [0.05, 0.1) is 0 Å². The number of hydrogen-bond donors (Lipinski definition) is 2. The van der Waals surface area contributed by atoms with Crippen molar-refractivity contribution in [1.29, 1.82) is 0 Å². The van der Waals surface area contributed by atoms with Gasteiger partial charge >= 0.3 is 30.8 Å². The third-order valence-corrected chi connectivity index (χ3v) is 0.183. The van der Waals surface area contributed by atoms with Crippen molar-refractivity contribution in [3.63, 3.8) is 0 Å². The average Bonchev–Trinajstić information content (AvgIpc) is 1.36. The van der Waals surface area contributed by atoms with Crippen molar-refractivity contribution in [2.75, 3.05) is 0 Å². The van der Waals surface area contributed by atoms with Crippen molar-refractivity contribution < 1.29 is 44.8 Å². The summed E-state index contributed by atoms with van der Waals surface area (Å²) >= 11 is 0. The maximum Gasteiger partial charge on any atom is 1.00 e. The van der Waals surface area contributed by atoms with Crippen LogP contribution in [-0.2, 0) is 9.59 Å². The summed E-state index contributed by atoms with van der Waals surface area (Å²) in [4.78, 5) is 18.2. The summed E-state index contributed by atoms with van der Waals surface area (Å²) in [6, 6.07) is 0. The SMILES string of the molecule is F.O=C(O)C(=O)O.P.[H-].[Li+]. The molecule has 9 heavy (non-hydrogen) atoms. The Bertz CT molecular complexity index is 89.3. The minimum absolute atomic E-state index is 0. The van der Waals surface area contributed by atoms with Crippen LogP contribution >= 0.6 is 9.90 Å². The first-order chi connectivity index (χ1) is 2.64. The molecule has 0 saturated carbocycles. The molecule has 0 aromatic heterocycles. The van der Waals surface area contributed by atoms with Crippen LogP contribution in [0.4, 0.5) is 4.70 Å². The topological polar surface area (TPSA) is 74.6 Å². The molecule has 0 aliphatic heterocycles. The van der Waals surface area contributed by atoms with E-state index in [1.54, 1.807) is 0 Å². The average molecular weight is 152 g/mol. The smallest absolute Gasteiger partial charge is 1.00 e. The molecule has 0 aromatic rings. The molecule has 0 saturated heterocycles. The molecule has 2 N–H and O–H groups in total. The monoisotopic (exact) mass is 152 g/mol. The Morgan fingerprint density at radius 2 is 1.22 bits per heavy atom. The zero-order valence-electron chi connectivity index (χ0n) is 5.83. The summed E-state index contributed by atoms with van der Waals surface area (Å²) in [5.41, 5.74) is 0. The molecule has 1 unspecified atom stereocenters. The second kappa shape index (κ2) is 10.8. The van der Waals surface area contributed by atoms with Crippen LogP contribution in [0.3, 0.4) is 0 Å². The molecule has 0 rings (SSSR count). The van der Waals surface area contributed by atoms with Crippen LogP contribution in [-0.4, -0.2) is 22.2 Å². The van der Waals surface area contributed by atoms with Crippen molar-refractivity contribution in [1.82, 2.24) is 0 Å². The molecule has 52 valence electrons. The molecule has 0 radical (unpaired) electrons. The van der Waals surface area contributed by atoms with Crippen LogP contribution in [0.2, 0.25) is 0 Å². The van der Waals surface area contributed by atoms with Gasteiger partial charge in [-0.05, 0) is 0 Å². The van der Waals surface area contributed by atoms with Gasteiger partial charge < -0.3 is 11.6 Å². The van der Waals surface area contributed by atoms with Crippen molar-refractivity contribution >= 4 is 21.8 Å². The van der Waals surface area contributed by atoms with Crippen LogP contribution in [0.5, 0.6) is 0 Å². The number of rotatable bonds is 0. The molecule has 1 atom stereocenters. The minimum Gasteiger partial charge on any atom is -1.00 e. The fraction of sp³-hybridized carbons (Fsp3) is 0. The number of carboxylic acids is 2. The Balaban J connectivity index is -0.0000000208. The van der Waals surface area contributed by atoms with E-state index in [9.17, 15) is 0 Å². The molecule has 0 spiro atoms. The van der Waals surface area contributed by atoms with Gasteiger partial charge in [-0.25, -0.2) is 9.59 Å². The van der Waals surface area contributed by atoms with E-state index in [0.29, 0.717) is 0 Å². The molecule has 0 fully saturated rings. The normalized spacial score (nSPS) is 4.89. The standard InChI is InChI=1S/C2H2O4.FH.Li.H3P.H/c3-1(4)2(5)6;;;;/h(H,3,4)(H,5,6);1H;;1H3;/q;;+1;;-1. The van der Waals surface area contributed by atoms with E-state index in [1.165, 1.54) is 0 Å².